The number of nitrogens with zero attached hydrogens (tertiary/aromatic N) is 2. The summed E-state index contributed by atoms with van der Waals surface area (Å²) in [4.78, 5) is 4.73. The number of rotatable bonds is 6. The van der Waals surface area contributed by atoms with Gasteiger partial charge in [0, 0.05) is 19.6 Å². The smallest absolute Gasteiger partial charge is 0.253 e. The first-order valence-electron chi connectivity index (χ1n) is 6.83. The van der Waals surface area contributed by atoms with Crippen LogP contribution in [0.1, 0.15) is 12.8 Å². The van der Waals surface area contributed by atoms with Crippen LogP contribution in [0.4, 0.5) is 23.2 Å². The van der Waals surface area contributed by atoms with Gasteiger partial charge in [-0.1, -0.05) is 0 Å². The van der Waals surface area contributed by atoms with Crippen LogP contribution in [0.3, 0.4) is 0 Å². The molecule has 0 saturated carbocycles. The predicted molar refractivity (Wildman–Crippen MR) is 69.1 cm³/mol. The van der Waals surface area contributed by atoms with Crippen molar-refractivity contribution in [1.82, 2.24) is 9.88 Å². The summed E-state index contributed by atoms with van der Waals surface area (Å²) in [5.74, 6) is -6.29. The van der Waals surface area contributed by atoms with Crippen LogP contribution in [0.15, 0.2) is 0 Å². The lowest BCUT2D eigenvalue weighted by atomic mass is 10.2. The molecule has 0 unspecified atom stereocenters. The van der Waals surface area contributed by atoms with Gasteiger partial charge in [-0.05, 0) is 19.4 Å². The van der Waals surface area contributed by atoms with E-state index in [0.717, 1.165) is 26.1 Å². The van der Waals surface area contributed by atoms with Crippen LogP contribution in [-0.2, 0) is 4.74 Å². The van der Waals surface area contributed by atoms with Crippen molar-refractivity contribution in [2.45, 2.75) is 12.8 Å². The molecule has 1 aliphatic heterocycles. The summed E-state index contributed by atoms with van der Waals surface area (Å²) in [5, 5.41) is 2.39. The zero-order chi connectivity index (χ0) is 15.2. The van der Waals surface area contributed by atoms with Crippen molar-refractivity contribution in [1.29, 1.82) is 0 Å². The lowest BCUT2D eigenvalue weighted by Crippen LogP contribution is -2.36. The highest BCUT2D eigenvalue weighted by molar-refractivity contribution is 5.45. The number of nitrogens with one attached hydrogen (secondary N) is 1. The van der Waals surface area contributed by atoms with E-state index in [1.165, 1.54) is 0 Å². The average molecular weight is 307 g/mol. The quantitative estimate of drug-likeness (QED) is 0.496. The van der Waals surface area contributed by atoms with Crippen LogP contribution in [0, 0.1) is 23.5 Å². The van der Waals surface area contributed by atoms with Crippen LogP contribution in [0.5, 0.6) is 0 Å². The molecule has 118 valence electrons. The van der Waals surface area contributed by atoms with E-state index < -0.39 is 29.2 Å². The zero-order valence-corrected chi connectivity index (χ0v) is 11.5. The Hall–Kier alpha value is -1.41. The second-order valence-electron chi connectivity index (χ2n) is 4.78. The number of halogens is 4. The van der Waals surface area contributed by atoms with E-state index in [0.29, 0.717) is 19.6 Å². The molecule has 1 aromatic rings. The van der Waals surface area contributed by atoms with Crippen molar-refractivity contribution in [2.75, 3.05) is 44.7 Å². The Kier molecular flexibility index (Phi) is 5.75. The molecular formula is C13H17F4N3O. The maximum absolute atomic E-state index is 13.3. The molecule has 0 radical (unpaired) electrons. The molecule has 8 heteroatoms. The van der Waals surface area contributed by atoms with Crippen LogP contribution in [0.25, 0.3) is 0 Å². The summed E-state index contributed by atoms with van der Waals surface area (Å²) in [7, 11) is 0. The second-order valence-corrected chi connectivity index (χ2v) is 4.78. The van der Waals surface area contributed by atoms with E-state index in [9.17, 15) is 17.6 Å². The minimum atomic E-state index is -1.65. The van der Waals surface area contributed by atoms with Crippen LogP contribution in [0.2, 0.25) is 0 Å². The summed E-state index contributed by atoms with van der Waals surface area (Å²) < 4.78 is 57.6. The van der Waals surface area contributed by atoms with Crippen LogP contribution in [-0.4, -0.2) is 49.3 Å². The van der Waals surface area contributed by atoms with E-state index in [1.807, 2.05) is 0 Å². The molecule has 1 aliphatic rings. The minimum absolute atomic E-state index is 0.223. The molecule has 0 atom stereocenters. The summed E-state index contributed by atoms with van der Waals surface area (Å²) in [6, 6.07) is 0. The molecule has 4 nitrogen and oxygen atoms in total. The highest BCUT2D eigenvalue weighted by Gasteiger charge is 2.20. The highest BCUT2D eigenvalue weighted by Crippen LogP contribution is 2.21. The molecule has 2 rings (SSSR count). The fraction of sp³-hybridized carbons (Fsp3) is 0.615. The van der Waals surface area contributed by atoms with Crippen LogP contribution < -0.4 is 5.32 Å². The molecule has 0 spiro atoms. The van der Waals surface area contributed by atoms with E-state index in [-0.39, 0.29) is 6.54 Å². The maximum Gasteiger partial charge on any atom is 0.253 e. The van der Waals surface area contributed by atoms with Crippen molar-refractivity contribution in [3.05, 3.63) is 23.5 Å². The van der Waals surface area contributed by atoms with Gasteiger partial charge in [0.1, 0.15) is 5.69 Å². The van der Waals surface area contributed by atoms with E-state index in [2.05, 4.69) is 15.2 Å². The van der Waals surface area contributed by atoms with Gasteiger partial charge in [0.15, 0.2) is 0 Å². The number of aromatic nitrogens is 1. The first kappa shape index (κ1) is 16.0. The van der Waals surface area contributed by atoms with Gasteiger partial charge in [0.25, 0.3) is 11.9 Å². The monoisotopic (exact) mass is 307 g/mol. The average Bonchev–Trinajstić information content (AvgIpc) is 2.49. The molecule has 1 fully saturated rings. The number of unbranched alkanes of at least 4 members (excludes halogenated alkanes) is 1. The third kappa shape index (κ3) is 4.28. The number of pyridine rings is 1. The van der Waals surface area contributed by atoms with Gasteiger partial charge in [0.2, 0.25) is 11.6 Å². The molecule has 1 N–H and O–H groups in total. The number of morpholine rings is 1. The topological polar surface area (TPSA) is 37.4 Å². The lowest BCUT2D eigenvalue weighted by Gasteiger charge is -2.26. The molecule has 1 saturated heterocycles. The van der Waals surface area contributed by atoms with Crippen molar-refractivity contribution < 1.29 is 22.3 Å². The fourth-order valence-electron chi connectivity index (χ4n) is 2.14. The third-order valence-corrected chi connectivity index (χ3v) is 3.30. The van der Waals surface area contributed by atoms with Gasteiger partial charge in [0.05, 0.1) is 13.2 Å². The van der Waals surface area contributed by atoms with Gasteiger partial charge in [-0.25, -0.2) is 0 Å². The van der Waals surface area contributed by atoms with Gasteiger partial charge in [-0.3, -0.25) is 4.90 Å². The Bertz CT molecular complexity index is 455. The summed E-state index contributed by atoms with van der Waals surface area (Å²) in [5.41, 5.74) is -0.800. The van der Waals surface area contributed by atoms with Crippen LogP contribution >= 0.6 is 0 Å². The summed E-state index contributed by atoms with van der Waals surface area (Å²) in [6.07, 6.45) is 1.44. The number of hydrogen-bond acceptors (Lipinski definition) is 4. The number of hydrogen-bond donors (Lipinski definition) is 1. The molecule has 1 aromatic heterocycles. The van der Waals surface area contributed by atoms with E-state index in [1.54, 1.807) is 0 Å². The Morgan fingerprint density at radius 2 is 1.62 bits per heavy atom. The van der Waals surface area contributed by atoms with Crippen molar-refractivity contribution in [3.8, 4) is 0 Å². The largest absolute Gasteiger partial charge is 0.380 e. The third-order valence-electron chi connectivity index (χ3n) is 3.30. The minimum Gasteiger partial charge on any atom is -0.380 e. The molecule has 21 heavy (non-hydrogen) atoms. The first-order valence-corrected chi connectivity index (χ1v) is 6.83. The summed E-state index contributed by atoms with van der Waals surface area (Å²) in [6.45, 7) is 4.25. The van der Waals surface area contributed by atoms with Gasteiger partial charge in [-0.15, -0.1) is 0 Å². The van der Waals surface area contributed by atoms with Crippen molar-refractivity contribution in [3.63, 3.8) is 0 Å². The molecule has 2 heterocycles. The van der Waals surface area contributed by atoms with Gasteiger partial charge < -0.3 is 10.1 Å². The first-order chi connectivity index (χ1) is 10.1. The second kappa shape index (κ2) is 7.56. The Morgan fingerprint density at radius 3 is 2.24 bits per heavy atom. The SMILES string of the molecule is Fc1nc(F)c(F)c(NCCCCN2CCOCC2)c1F. The molecule has 0 aliphatic carbocycles. The predicted octanol–water partition coefficient (Wildman–Crippen LogP) is 2.16. The maximum atomic E-state index is 13.3. The van der Waals surface area contributed by atoms with Gasteiger partial charge in [-0.2, -0.15) is 22.5 Å². The van der Waals surface area contributed by atoms with E-state index in [4.69, 9.17) is 4.74 Å². The standard InChI is InChI=1S/C13H17F4N3O/c14-9-11(10(15)13(17)19-12(9)16)18-3-1-2-4-20-5-7-21-8-6-20/h1-8H2,(H,18,19). The molecule has 0 bridgehead atoms. The zero-order valence-electron chi connectivity index (χ0n) is 11.5. The normalized spacial score (nSPS) is 16.2. The highest BCUT2D eigenvalue weighted by atomic mass is 19.2. The van der Waals surface area contributed by atoms with Crippen molar-refractivity contribution in [2.24, 2.45) is 0 Å². The summed E-state index contributed by atoms with van der Waals surface area (Å²) >= 11 is 0. The Labute approximate surface area is 120 Å². The molecular weight excluding hydrogens is 290 g/mol. The molecule has 0 amide bonds. The lowest BCUT2D eigenvalue weighted by molar-refractivity contribution is 0.0373. The Morgan fingerprint density at radius 1 is 1.00 bits per heavy atom. The molecule has 0 aromatic carbocycles. The van der Waals surface area contributed by atoms with Gasteiger partial charge >= 0.3 is 0 Å². The number of ether oxygens (including phenoxy) is 1. The van der Waals surface area contributed by atoms with E-state index >= 15 is 0 Å². The Balaban J connectivity index is 1.76. The fourth-order valence-corrected chi connectivity index (χ4v) is 2.14. The van der Waals surface area contributed by atoms with Crippen molar-refractivity contribution >= 4 is 5.69 Å². The number of anilines is 1.